The molecule has 122 valence electrons. The van der Waals surface area contributed by atoms with Gasteiger partial charge in [-0.1, -0.05) is 29.8 Å². The second kappa shape index (κ2) is 8.65. The first-order valence-electron chi connectivity index (χ1n) is 7.62. The molecule has 1 amide bonds. The first-order chi connectivity index (χ1) is 11.2. The fourth-order valence-electron chi connectivity index (χ4n) is 2.53. The summed E-state index contributed by atoms with van der Waals surface area (Å²) in [5.41, 5.74) is 1.82. The lowest BCUT2D eigenvalue weighted by Gasteiger charge is -2.31. The molecule has 0 N–H and O–H groups in total. The van der Waals surface area contributed by atoms with Crippen LogP contribution >= 0.6 is 11.6 Å². The first kappa shape index (κ1) is 17.4. The summed E-state index contributed by atoms with van der Waals surface area (Å²) < 4.78 is 5.03. The standard InChI is InChI=1S/C18H21ClN2O2/c1-3-21(17(22)11-13-23-2)18(16-6-4-5-12-20-16)14-7-9-15(19)10-8-14/h4-10,12,18H,3,11,13H2,1-2H3/t18-/m1/s1. The van der Waals surface area contributed by atoms with Gasteiger partial charge in [-0.3, -0.25) is 9.78 Å². The summed E-state index contributed by atoms with van der Waals surface area (Å²) in [6, 6.07) is 13.0. The van der Waals surface area contributed by atoms with Crippen molar-refractivity contribution in [1.82, 2.24) is 9.88 Å². The van der Waals surface area contributed by atoms with E-state index in [2.05, 4.69) is 4.98 Å². The summed E-state index contributed by atoms with van der Waals surface area (Å²) in [4.78, 5) is 18.9. The molecule has 1 aromatic heterocycles. The fourth-order valence-corrected chi connectivity index (χ4v) is 2.66. The van der Waals surface area contributed by atoms with Crippen molar-refractivity contribution in [2.45, 2.75) is 19.4 Å². The second-order valence-corrected chi connectivity index (χ2v) is 5.57. The van der Waals surface area contributed by atoms with Crippen molar-refractivity contribution < 1.29 is 9.53 Å². The molecule has 0 saturated carbocycles. The molecule has 2 rings (SSSR count). The summed E-state index contributed by atoms with van der Waals surface area (Å²) >= 11 is 5.99. The number of ether oxygens (including phenoxy) is 1. The number of amides is 1. The predicted octanol–water partition coefficient (Wildman–Crippen LogP) is 3.71. The summed E-state index contributed by atoms with van der Waals surface area (Å²) in [6.07, 6.45) is 2.09. The lowest BCUT2D eigenvalue weighted by atomic mass is 10.0. The van der Waals surface area contributed by atoms with E-state index in [1.165, 1.54) is 0 Å². The van der Waals surface area contributed by atoms with Crippen LogP contribution in [0.4, 0.5) is 0 Å². The number of pyridine rings is 1. The van der Waals surface area contributed by atoms with E-state index in [1.807, 2.05) is 54.3 Å². The van der Waals surface area contributed by atoms with E-state index in [0.29, 0.717) is 24.6 Å². The average Bonchev–Trinajstić information content (AvgIpc) is 2.59. The molecule has 1 heterocycles. The number of halogens is 1. The average molecular weight is 333 g/mol. The van der Waals surface area contributed by atoms with Crippen molar-refractivity contribution in [2.24, 2.45) is 0 Å². The van der Waals surface area contributed by atoms with E-state index in [4.69, 9.17) is 16.3 Å². The smallest absolute Gasteiger partial charge is 0.225 e. The van der Waals surface area contributed by atoms with Crippen LogP contribution in [-0.2, 0) is 9.53 Å². The Bertz CT molecular complexity index is 617. The molecule has 0 aliphatic carbocycles. The highest BCUT2D eigenvalue weighted by Gasteiger charge is 2.26. The topological polar surface area (TPSA) is 42.4 Å². The second-order valence-electron chi connectivity index (χ2n) is 5.13. The van der Waals surface area contributed by atoms with Crippen LogP contribution in [0.2, 0.25) is 5.02 Å². The molecular formula is C18H21ClN2O2. The lowest BCUT2D eigenvalue weighted by Crippen LogP contribution is -2.36. The molecule has 1 aromatic carbocycles. The zero-order valence-corrected chi connectivity index (χ0v) is 14.2. The van der Waals surface area contributed by atoms with Crippen LogP contribution in [0.25, 0.3) is 0 Å². The Hall–Kier alpha value is -1.91. The van der Waals surface area contributed by atoms with Gasteiger partial charge in [-0.2, -0.15) is 0 Å². The molecule has 0 unspecified atom stereocenters. The van der Waals surface area contributed by atoms with E-state index in [9.17, 15) is 4.79 Å². The zero-order chi connectivity index (χ0) is 16.7. The van der Waals surface area contributed by atoms with Gasteiger partial charge >= 0.3 is 0 Å². The summed E-state index contributed by atoms with van der Waals surface area (Å²) in [5.74, 6) is 0.0416. The quantitative estimate of drug-likeness (QED) is 0.776. The molecule has 5 heteroatoms. The van der Waals surface area contributed by atoms with Crippen molar-refractivity contribution in [3.63, 3.8) is 0 Å². The van der Waals surface area contributed by atoms with Crippen LogP contribution in [0.15, 0.2) is 48.7 Å². The highest BCUT2D eigenvalue weighted by Crippen LogP contribution is 2.28. The van der Waals surface area contributed by atoms with Crippen LogP contribution in [0.1, 0.15) is 30.6 Å². The van der Waals surface area contributed by atoms with Crippen LogP contribution in [0.3, 0.4) is 0 Å². The monoisotopic (exact) mass is 332 g/mol. The summed E-state index contributed by atoms with van der Waals surface area (Å²) in [6.45, 7) is 2.97. The maximum Gasteiger partial charge on any atom is 0.225 e. The minimum Gasteiger partial charge on any atom is -0.384 e. The highest BCUT2D eigenvalue weighted by atomic mass is 35.5. The molecule has 1 atom stereocenters. The van der Waals surface area contributed by atoms with Crippen molar-refractivity contribution in [1.29, 1.82) is 0 Å². The Morgan fingerprint density at radius 1 is 1.26 bits per heavy atom. The van der Waals surface area contributed by atoms with Crippen molar-refractivity contribution >= 4 is 17.5 Å². The SMILES string of the molecule is CCN(C(=O)CCOC)[C@H](c1ccc(Cl)cc1)c1ccccn1. The third-order valence-electron chi connectivity index (χ3n) is 3.65. The van der Waals surface area contributed by atoms with Crippen molar-refractivity contribution in [3.05, 3.63) is 64.9 Å². The summed E-state index contributed by atoms with van der Waals surface area (Å²) in [7, 11) is 1.60. The minimum atomic E-state index is -0.233. The van der Waals surface area contributed by atoms with Gasteiger partial charge in [-0.15, -0.1) is 0 Å². The largest absolute Gasteiger partial charge is 0.384 e. The molecule has 0 saturated heterocycles. The van der Waals surface area contributed by atoms with E-state index in [0.717, 1.165) is 11.3 Å². The number of aromatic nitrogens is 1. The number of nitrogens with zero attached hydrogens (tertiary/aromatic N) is 2. The molecule has 23 heavy (non-hydrogen) atoms. The van der Waals surface area contributed by atoms with E-state index >= 15 is 0 Å². The number of hydrogen-bond acceptors (Lipinski definition) is 3. The molecule has 0 bridgehead atoms. The third-order valence-corrected chi connectivity index (χ3v) is 3.90. The summed E-state index contributed by atoms with van der Waals surface area (Å²) in [5, 5.41) is 0.669. The third kappa shape index (κ3) is 4.53. The van der Waals surface area contributed by atoms with E-state index in [-0.39, 0.29) is 11.9 Å². The van der Waals surface area contributed by atoms with Crippen LogP contribution < -0.4 is 0 Å². The molecule has 2 aromatic rings. The van der Waals surface area contributed by atoms with Gasteiger partial charge in [0.05, 0.1) is 24.8 Å². The maximum absolute atomic E-state index is 12.6. The minimum absolute atomic E-state index is 0.0416. The Morgan fingerprint density at radius 3 is 2.57 bits per heavy atom. The van der Waals surface area contributed by atoms with Gasteiger partial charge in [0.2, 0.25) is 5.91 Å². The normalized spacial score (nSPS) is 12.0. The van der Waals surface area contributed by atoms with Gasteiger partial charge < -0.3 is 9.64 Å². The van der Waals surface area contributed by atoms with Gasteiger partial charge in [0.25, 0.3) is 0 Å². The number of methoxy groups -OCH3 is 1. The number of hydrogen-bond donors (Lipinski definition) is 0. The number of carbonyl (C=O) groups is 1. The number of benzene rings is 1. The first-order valence-corrected chi connectivity index (χ1v) is 8.00. The van der Waals surface area contributed by atoms with Gasteiger partial charge in [-0.25, -0.2) is 0 Å². The molecule has 0 fully saturated rings. The van der Waals surface area contributed by atoms with Crippen LogP contribution in [0.5, 0.6) is 0 Å². The van der Waals surface area contributed by atoms with Crippen molar-refractivity contribution in [2.75, 3.05) is 20.3 Å². The Kier molecular flexibility index (Phi) is 6.56. The molecule has 4 nitrogen and oxygen atoms in total. The Balaban J connectivity index is 2.39. The maximum atomic E-state index is 12.6. The fraction of sp³-hybridized carbons (Fsp3) is 0.333. The van der Waals surface area contributed by atoms with Crippen molar-refractivity contribution in [3.8, 4) is 0 Å². The van der Waals surface area contributed by atoms with Crippen LogP contribution in [0, 0.1) is 0 Å². The van der Waals surface area contributed by atoms with Crippen LogP contribution in [-0.4, -0.2) is 36.1 Å². The lowest BCUT2D eigenvalue weighted by molar-refractivity contribution is -0.133. The van der Waals surface area contributed by atoms with E-state index in [1.54, 1.807) is 13.3 Å². The van der Waals surface area contributed by atoms with E-state index < -0.39 is 0 Å². The molecule has 0 aliphatic rings. The number of rotatable bonds is 7. The Labute approximate surface area is 142 Å². The van der Waals surface area contributed by atoms with Gasteiger partial charge in [0.15, 0.2) is 0 Å². The van der Waals surface area contributed by atoms with Gasteiger partial charge in [0.1, 0.15) is 0 Å². The predicted molar refractivity (Wildman–Crippen MR) is 91.4 cm³/mol. The molecule has 0 spiro atoms. The zero-order valence-electron chi connectivity index (χ0n) is 13.4. The number of carbonyl (C=O) groups excluding carboxylic acids is 1. The Morgan fingerprint density at radius 2 is 2.00 bits per heavy atom. The van der Waals surface area contributed by atoms with Gasteiger partial charge in [0, 0.05) is 24.9 Å². The molecule has 0 aliphatic heterocycles. The highest BCUT2D eigenvalue weighted by molar-refractivity contribution is 6.30. The molecule has 0 radical (unpaired) electrons. The van der Waals surface area contributed by atoms with Gasteiger partial charge in [-0.05, 0) is 36.8 Å². The molecular weight excluding hydrogens is 312 g/mol.